The first-order valence-corrected chi connectivity index (χ1v) is 10.6. The second-order valence-electron chi connectivity index (χ2n) is 6.90. The average Bonchev–Trinajstić information content (AvgIpc) is 2.76. The third kappa shape index (κ3) is 7.19. The molecular formula is C24H32N2O4. The Bertz CT molecular complexity index is 799. The minimum Gasteiger partial charge on any atom is -0.491 e. The van der Waals surface area contributed by atoms with Crippen molar-refractivity contribution in [1.82, 2.24) is 4.90 Å². The zero-order chi connectivity index (χ0) is 21.8. The van der Waals surface area contributed by atoms with Crippen molar-refractivity contribution in [3.63, 3.8) is 0 Å². The van der Waals surface area contributed by atoms with Crippen molar-refractivity contribution in [3.8, 4) is 5.75 Å². The molecule has 0 aliphatic rings. The molecule has 0 saturated heterocycles. The van der Waals surface area contributed by atoms with Gasteiger partial charge in [0, 0.05) is 36.5 Å². The molecule has 2 rings (SSSR count). The van der Waals surface area contributed by atoms with Gasteiger partial charge < -0.3 is 19.7 Å². The molecule has 0 aliphatic heterocycles. The second kappa shape index (κ2) is 12.6. The van der Waals surface area contributed by atoms with E-state index in [1.54, 1.807) is 48.5 Å². The number of nitrogens with zero attached hydrogens (tertiary/aromatic N) is 1. The van der Waals surface area contributed by atoms with Crippen LogP contribution >= 0.6 is 0 Å². The van der Waals surface area contributed by atoms with Crippen LogP contribution < -0.4 is 10.1 Å². The van der Waals surface area contributed by atoms with Crippen molar-refractivity contribution in [2.75, 3.05) is 38.2 Å². The fourth-order valence-electron chi connectivity index (χ4n) is 3.04. The number of hydrogen-bond donors (Lipinski definition) is 1. The highest BCUT2D eigenvalue weighted by atomic mass is 16.5. The lowest BCUT2D eigenvalue weighted by Crippen LogP contribution is -2.32. The summed E-state index contributed by atoms with van der Waals surface area (Å²) in [6.07, 6.45) is 1.82. The second-order valence-corrected chi connectivity index (χ2v) is 6.90. The number of hydrogen-bond acceptors (Lipinski definition) is 4. The summed E-state index contributed by atoms with van der Waals surface area (Å²) in [7, 11) is 0. The molecule has 6 heteroatoms. The Morgan fingerprint density at radius 2 is 1.60 bits per heavy atom. The highest BCUT2D eigenvalue weighted by molar-refractivity contribution is 6.05. The molecule has 0 fully saturated rings. The fraction of sp³-hybridized carbons (Fsp3) is 0.417. The van der Waals surface area contributed by atoms with Gasteiger partial charge >= 0.3 is 0 Å². The van der Waals surface area contributed by atoms with Crippen molar-refractivity contribution in [1.29, 1.82) is 0 Å². The van der Waals surface area contributed by atoms with E-state index >= 15 is 0 Å². The molecule has 0 bridgehead atoms. The van der Waals surface area contributed by atoms with Gasteiger partial charge in [0.1, 0.15) is 12.4 Å². The standard InChI is InChI=1S/C24H32N2O4/c1-4-14-26(15-5-2)24(28)20-8-7-9-21(18-20)25-23(27)19-10-12-22(13-11-19)30-17-16-29-6-3/h7-13,18H,4-6,14-17H2,1-3H3,(H,25,27). The predicted molar refractivity (Wildman–Crippen MR) is 119 cm³/mol. The number of rotatable bonds is 12. The van der Waals surface area contributed by atoms with E-state index in [0.717, 1.165) is 25.9 Å². The molecule has 0 spiro atoms. The monoisotopic (exact) mass is 412 g/mol. The molecular weight excluding hydrogens is 380 g/mol. The lowest BCUT2D eigenvalue weighted by Gasteiger charge is -2.21. The summed E-state index contributed by atoms with van der Waals surface area (Å²) in [5, 5.41) is 2.87. The van der Waals surface area contributed by atoms with Gasteiger partial charge in [-0.05, 0) is 62.2 Å². The van der Waals surface area contributed by atoms with Gasteiger partial charge in [-0.1, -0.05) is 19.9 Å². The first kappa shape index (κ1) is 23.4. The molecule has 162 valence electrons. The maximum Gasteiger partial charge on any atom is 0.255 e. The third-order valence-corrected chi connectivity index (χ3v) is 4.46. The summed E-state index contributed by atoms with van der Waals surface area (Å²) in [4.78, 5) is 27.2. The lowest BCUT2D eigenvalue weighted by molar-refractivity contribution is 0.0755. The highest BCUT2D eigenvalue weighted by Crippen LogP contribution is 2.17. The van der Waals surface area contributed by atoms with E-state index in [-0.39, 0.29) is 11.8 Å². The maximum atomic E-state index is 12.8. The Hall–Kier alpha value is -2.86. The predicted octanol–water partition coefficient (Wildman–Crippen LogP) is 4.62. The van der Waals surface area contributed by atoms with E-state index in [1.807, 2.05) is 11.8 Å². The van der Waals surface area contributed by atoms with E-state index in [1.165, 1.54) is 0 Å². The molecule has 2 aromatic rings. The summed E-state index contributed by atoms with van der Waals surface area (Å²) < 4.78 is 10.8. The first-order valence-electron chi connectivity index (χ1n) is 10.6. The highest BCUT2D eigenvalue weighted by Gasteiger charge is 2.15. The van der Waals surface area contributed by atoms with Crippen LogP contribution in [0.1, 0.15) is 54.3 Å². The van der Waals surface area contributed by atoms with E-state index in [2.05, 4.69) is 19.2 Å². The van der Waals surface area contributed by atoms with Crippen LogP contribution in [0.15, 0.2) is 48.5 Å². The van der Waals surface area contributed by atoms with Crippen LogP contribution in [0.3, 0.4) is 0 Å². The van der Waals surface area contributed by atoms with Crippen molar-refractivity contribution in [3.05, 3.63) is 59.7 Å². The Morgan fingerprint density at radius 1 is 0.900 bits per heavy atom. The molecule has 0 heterocycles. The summed E-state index contributed by atoms with van der Waals surface area (Å²) in [6, 6.07) is 14.0. The van der Waals surface area contributed by atoms with Crippen molar-refractivity contribution in [2.45, 2.75) is 33.6 Å². The maximum absolute atomic E-state index is 12.8. The van der Waals surface area contributed by atoms with Crippen LogP contribution in [0.2, 0.25) is 0 Å². The zero-order valence-corrected chi connectivity index (χ0v) is 18.1. The topological polar surface area (TPSA) is 67.9 Å². The molecule has 6 nitrogen and oxygen atoms in total. The lowest BCUT2D eigenvalue weighted by atomic mass is 10.1. The number of ether oxygens (including phenoxy) is 2. The van der Waals surface area contributed by atoms with Gasteiger partial charge in [-0.3, -0.25) is 9.59 Å². The number of nitrogens with one attached hydrogen (secondary N) is 1. The van der Waals surface area contributed by atoms with E-state index in [0.29, 0.717) is 42.4 Å². The summed E-state index contributed by atoms with van der Waals surface area (Å²) >= 11 is 0. The van der Waals surface area contributed by atoms with Gasteiger partial charge in [0.2, 0.25) is 0 Å². The van der Waals surface area contributed by atoms with E-state index in [9.17, 15) is 9.59 Å². The van der Waals surface area contributed by atoms with Crippen molar-refractivity contribution >= 4 is 17.5 Å². The molecule has 0 atom stereocenters. The number of carbonyl (C=O) groups excluding carboxylic acids is 2. The van der Waals surface area contributed by atoms with Gasteiger partial charge in [-0.25, -0.2) is 0 Å². The molecule has 1 N–H and O–H groups in total. The molecule has 0 aliphatic carbocycles. The van der Waals surface area contributed by atoms with Crippen LogP contribution in [0.4, 0.5) is 5.69 Å². The molecule has 0 radical (unpaired) electrons. The largest absolute Gasteiger partial charge is 0.491 e. The third-order valence-electron chi connectivity index (χ3n) is 4.46. The van der Waals surface area contributed by atoms with Gasteiger partial charge in [0.15, 0.2) is 0 Å². The van der Waals surface area contributed by atoms with E-state index in [4.69, 9.17) is 9.47 Å². The molecule has 0 unspecified atom stereocenters. The Balaban J connectivity index is 2.00. The SMILES string of the molecule is CCCN(CCC)C(=O)c1cccc(NC(=O)c2ccc(OCCOCC)cc2)c1. The molecule has 2 amide bonds. The van der Waals surface area contributed by atoms with Gasteiger partial charge in [0.05, 0.1) is 6.61 Å². The Morgan fingerprint density at radius 3 is 2.23 bits per heavy atom. The summed E-state index contributed by atoms with van der Waals surface area (Å²) in [6.45, 7) is 9.15. The minimum absolute atomic E-state index is 0.0108. The quantitative estimate of drug-likeness (QED) is 0.517. The number of carbonyl (C=O) groups is 2. The van der Waals surface area contributed by atoms with Crippen molar-refractivity contribution in [2.24, 2.45) is 0 Å². The molecule has 30 heavy (non-hydrogen) atoms. The molecule has 2 aromatic carbocycles. The Labute approximate surface area is 179 Å². The first-order chi connectivity index (χ1) is 14.6. The average molecular weight is 413 g/mol. The number of benzene rings is 2. The summed E-state index contributed by atoms with van der Waals surface area (Å²) in [5.41, 5.74) is 1.69. The van der Waals surface area contributed by atoms with E-state index < -0.39 is 0 Å². The zero-order valence-electron chi connectivity index (χ0n) is 18.1. The smallest absolute Gasteiger partial charge is 0.255 e. The Kier molecular flexibility index (Phi) is 9.87. The fourth-order valence-corrected chi connectivity index (χ4v) is 3.04. The van der Waals surface area contributed by atoms with Crippen LogP contribution in [-0.2, 0) is 4.74 Å². The number of amides is 2. The molecule has 0 aromatic heterocycles. The van der Waals surface area contributed by atoms with Crippen LogP contribution in [-0.4, -0.2) is 49.6 Å². The molecule has 0 saturated carbocycles. The van der Waals surface area contributed by atoms with Crippen LogP contribution in [0.5, 0.6) is 5.75 Å². The summed E-state index contributed by atoms with van der Waals surface area (Å²) in [5.74, 6) is 0.438. The van der Waals surface area contributed by atoms with Gasteiger partial charge in [-0.2, -0.15) is 0 Å². The number of anilines is 1. The van der Waals surface area contributed by atoms with Crippen molar-refractivity contribution < 1.29 is 19.1 Å². The van der Waals surface area contributed by atoms with Crippen LogP contribution in [0.25, 0.3) is 0 Å². The normalized spacial score (nSPS) is 10.5. The van der Waals surface area contributed by atoms with Gasteiger partial charge in [0.25, 0.3) is 11.8 Å². The van der Waals surface area contributed by atoms with Crippen LogP contribution in [0, 0.1) is 0 Å². The van der Waals surface area contributed by atoms with Gasteiger partial charge in [-0.15, -0.1) is 0 Å². The minimum atomic E-state index is -0.237.